The van der Waals surface area contributed by atoms with Gasteiger partial charge in [-0.05, 0) is 42.8 Å². The maximum Gasteiger partial charge on any atom is 0.416 e. The second kappa shape index (κ2) is 5.38. The maximum atomic E-state index is 12.7. The highest BCUT2D eigenvalue weighted by molar-refractivity contribution is 6.31. The van der Waals surface area contributed by atoms with Crippen LogP contribution >= 0.6 is 11.6 Å². The third-order valence-electron chi connectivity index (χ3n) is 3.56. The summed E-state index contributed by atoms with van der Waals surface area (Å²) in [5.74, 6) is -0.495. The van der Waals surface area contributed by atoms with E-state index in [-0.39, 0.29) is 5.56 Å². The minimum atomic E-state index is -4.52. The number of benzene rings is 2. The number of alkyl halides is 3. The van der Waals surface area contributed by atoms with Gasteiger partial charge in [0.1, 0.15) is 11.4 Å². The van der Waals surface area contributed by atoms with E-state index in [2.05, 4.69) is 10.2 Å². The first-order chi connectivity index (χ1) is 10.8. The molecule has 2 aromatic carbocycles. The van der Waals surface area contributed by atoms with E-state index < -0.39 is 17.5 Å². The number of aromatic hydroxyl groups is 1. The zero-order valence-electron chi connectivity index (χ0n) is 11.8. The van der Waals surface area contributed by atoms with Gasteiger partial charge in [-0.1, -0.05) is 17.7 Å². The van der Waals surface area contributed by atoms with Gasteiger partial charge in [-0.3, -0.25) is 0 Å². The molecule has 1 N–H and O–H groups in total. The molecular formula is C16H10ClF3N2O. The summed E-state index contributed by atoms with van der Waals surface area (Å²) in [5.41, 5.74) is 0.870. The number of hydrogen-bond donors (Lipinski definition) is 1. The van der Waals surface area contributed by atoms with Gasteiger partial charge in [-0.15, -0.1) is 10.2 Å². The quantitative estimate of drug-likeness (QED) is 0.680. The molecule has 3 nitrogen and oxygen atoms in total. The second-order valence-electron chi connectivity index (χ2n) is 5.06. The van der Waals surface area contributed by atoms with Crippen molar-refractivity contribution >= 4 is 22.5 Å². The molecule has 118 valence electrons. The van der Waals surface area contributed by atoms with Crippen LogP contribution in [0.25, 0.3) is 22.2 Å². The van der Waals surface area contributed by atoms with Gasteiger partial charge in [0.15, 0.2) is 0 Å². The topological polar surface area (TPSA) is 46.0 Å². The zero-order valence-corrected chi connectivity index (χ0v) is 12.6. The molecule has 0 spiro atoms. The van der Waals surface area contributed by atoms with Crippen LogP contribution in [-0.2, 0) is 6.18 Å². The molecule has 1 aromatic heterocycles. The van der Waals surface area contributed by atoms with Gasteiger partial charge in [0.2, 0.25) is 0 Å². The Bertz CT molecular complexity index is 910. The van der Waals surface area contributed by atoms with E-state index in [0.29, 0.717) is 27.9 Å². The lowest BCUT2D eigenvalue weighted by molar-refractivity contribution is -0.137. The zero-order chi connectivity index (χ0) is 16.8. The number of rotatable bonds is 1. The van der Waals surface area contributed by atoms with Crippen LogP contribution in [0.15, 0.2) is 36.4 Å². The summed E-state index contributed by atoms with van der Waals surface area (Å²) >= 11 is 5.90. The predicted molar refractivity (Wildman–Crippen MR) is 81.4 cm³/mol. The highest BCUT2D eigenvalue weighted by atomic mass is 35.5. The molecule has 0 bridgehead atoms. The lowest BCUT2D eigenvalue weighted by Gasteiger charge is -2.12. The fourth-order valence-electron chi connectivity index (χ4n) is 2.38. The van der Waals surface area contributed by atoms with Gasteiger partial charge in [0.05, 0.1) is 11.1 Å². The number of aromatic nitrogens is 2. The largest absolute Gasteiger partial charge is 0.507 e. The van der Waals surface area contributed by atoms with E-state index in [1.807, 2.05) is 0 Å². The van der Waals surface area contributed by atoms with Crippen molar-refractivity contribution < 1.29 is 18.3 Å². The van der Waals surface area contributed by atoms with Gasteiger partial charge in [0.25, 0.3) is 0 Å². The second-order valence-corrected chi connectivity index (χ2v) is 5.50. The Morgan fingerprint density at radius 1 is 1.04 bits per heavy atom. The van der Waals surface area contributed by atoms with Gasteiger partial charge >= 0.3 is 6.18 Å². The predicted octanol–water partition coefficient (Wildman–Crippen LogP) is 4.98. The Hall–Kier alpha value is -2.34. The molecule has 0 unspecified atom stereocenters. The fourth-order valence-corrected chi connectivity index (χ4v) is 2.54. The summed E-state index contributed by atoms with van der Waals surface area (Å²) in [6.07, 6.45) is -4.52. The summed E-state index contributed by atoms with van der Waals surface area (Å²) in [4.78, 5) is 0. The van der Waals surface area contributed by atoms with Crippen LogP contribution in [0.1, 0.15) is 11.1 Å². The van der Waals surface area contributed by atoms with Crippen molar-refractivity contribution in [3.05, 3.63) is 52.5 Å². The summed E-state index contributed by atoms with van der Waals surface area (Å²) in [6.45, 7) is 1.76. The highest BCUT2D eigenvalue weighted by Crippen LogP contribution is 2.37. The van der Waals surface area contributed by atoms with Gasteiger partial charge in [-0.25, -0.2) is 0 Å². The summed E-state index contributed by atoms with van der Waals surface area (Å²) in [6, 6.07) is 7.87. The van der Waals surface area contributed by atoms with Crippen molar-refractivity contribution in [3.8, 4) is 17.0 Å². The van der Waals surface area contributed by atoms with Gasteiger partial charge < -0.3 is 5.11 Å². The summed E-state index contributed by atoms with van der Waals surface area (Å²) < 4.78 is 38.0. The molecule has 0 aliphatic heterocycles. The Labute approximate surface area is 134 Å². The van der Waals surface area contributed by atoms with Gasteiger partial charge in [-0.2, -0.15) is 13.2 Å². The van der Waals surface area contributed by atoms with E-state index in [4.69, 9.17) is 11.6 Å². The fraction of sp³-hybridized carbons (Fsp3) is 0.125. The Kier molecular flexibility index (Phi) is 3.64. The third-order valence-corrected chi connectivity index (χ3v) is 3.79. The number of phenols is 1. The molecule has 3 rings (SSSR count). The highest BCUT2D eigenvalue weighted by Gasteiger charge is 2.31. The lowest BCUT2D eigenvalue weighted by atomic mass is 10.0. The Balaban J connectivity index is 2.17. The molecule has 23 heavy (non-hydrogen) atoms. The van der Waals surface area contributed by atoms with Crippen LogP contribution in [0.3, 0.4) is 0 Å². The molecule has 0 saturated carbocycles. The van der Waals surface area contributed by atoms with E-state index in [1.165, 1.54) is 6.07 Å². The minimum Gasteiger partial charge on any atom is -0.507 e. The van der Waals surface area contributed by atoms with Crippen LogP contribution in [0.5, 0.6) is 5.75 Å². The first kappa shape index (κ1) is 15.6. The van der Waals surface area contributed by atoms with E-state index in [9.17, 15) is 18.3 Å². The van der Waals surface area contributed by atoms with Crippen molar-refractivity contribution in [1.29, 1.82) is 0 Å². The van der Waals surface area contributed by atoms with Crippen molar-refractivity contribution in [2.45, 2.75) is 13.1 Å². The molecule has 0 saturated heterocycles. The molecule has 0 aliphatic carbocycles. The molecule has 0 aliphatic rings. The normalized spacial score (nSPS) is 11.9. The maximum absolute atomic E-state index is 12.7. The number of halogens is 4. The van der Waals surface area contributed by atoms with Crippen LogP contribution in [0, 0.1) is 6.92 Å². The van der Waals surface area contributed by atoms with Crippen LogP contribution < -0.4 is 0 Å². The van der Waals surface area contributed by atoms with Crippen LogP contribution in [0.4, 0.5) is 13.2 Å². The smallest absolute Gasteiger partial charge is 0.416 e. The average molecular weight is 339 g/mol. The standard InChI is InChI=1S/C16H10ClF3N2O/c1-8-11-5-3-10(17)7-13(11)21-22-15(8)12-4-2-9(6-14(12)23)16(18,19)20/h2-7,23H,1H3. The van der Waals surface area contributed by atoms with E-state index >= 15 is 0 Å². The Morgan fingerprint density at radius 3 is 2.43 bits per heavy atom. The summed E-state index contributed by atoms with van der Waals surface area (Å²) in [5, 5.41) is 19.3. The third kappa shape index (κ3) is 2.82. The number of fused-ring (bicyclic) bond motifs is 1. The van der Waals surface area contributed by atoms with Crippen molar-refractivity contribution in [3.63, 3.8) is 0 Å². The molecule has 1 heterocycles. The number of hydrogen-bond acceptors (Lipinski definition) is 3. The van der Waals surface area contributed by atoms with Crippen molar-refractivity contribution in [2.75, 3.05) is 0 Å². The molecule has 0 radical (unpaired) electrons. The molecule has 7 heteroatoms. The molecular weight excluding hydrogens is 329 g/mol. The first-order valence-electron chi connectivity index (χ1n) is 6.60. The van der Waals surface area contributed by atoms with Crippen LogP contribution in [-0.4, -0.2) is 15.3 Å². The lowest BCUT2D eigenvalue weighted by Crippen LogP contribution is -2.04. The first-order valence-corrected chi connectivity index (χ1v) is 6.98. The van der Waals surface area contributed by atoms with Crippen LogP contribution in [0.2, 0.25) is 5.02 Å². The number of aryl methyl sites for hydroxylation is 1. The Morgan fingerprint density at radius 2 is 1.78 bits per heavy atom. The minimum absolute atomic E-state index is 0.194. The summed E-state index contributed by atoms with van der Waals surface area (Å²) in [7, 11) is 0. The molecule has 0 fully saturated rings. The van der Waals surface area contributed by atoms with Gasteiger partial charge in [0, 0.05) is 16.0 Å². The monoisotopic (exact) mass is 338 g/mol. The van der Waals surface area contributed by atoms with Crippen molar-refractivity contribution in [1.82, 2.24) is 10.2 Å². The van der Waals surface area contributed by atoms with E-state index in [1.54, 1.807) is 25.1 Å². The number of phenolic OH excluding ortho intramolecular Hbond substituents is 1. The molecule has 0 amide bonds. The molecule has 0 atom stereocenters. The van der Waals surface area contributed by atoms with Crippen molar-refractivity contribution in [2.24, 2.45) is 0 Å². The van der Waals surface area contributed by atoms with E-state index in [0.717, 1.165) is 11.5 Å². The number of nitrogens with zero attached hydrogens (tertiary/aromatic N) is 2. The molecule has 3 aromatic rings. The average Bonchev–Trinajstić information content (AvgIpc) is 2.47. The SMILES string of the molecule is Cc1c(-c2ccc(C(F)(F)F)cc2O)nnc2cc(Cl)ccc12.